The first-order valence-corrected chi connectivity index (χ1v) is 9.65. The highest BCUT2D eigenvalue weighted by molar-refractivity contribution is 6.31. The van der Waals surface area contributed by atoms with E-state index < -0.39 is 0 Å². The molecule has 146 valence electrons. The van der Waals surface area contributed by atoms with E-state index in [0.717, 1.165) is 19.3 Å². The van der Waals surface area contributed by atoms with E-state index in [1.165, 1.54) is 0 Å². The summed E-state index contributed by atoms with van der Waals surface area (Å²) in [4.78, 5) is 36.7. The molecule has 1 saturated carbocycles. The fraction of sp³-hybridized carbons (Fsp3) is 0.286. The molecule has 3 rings (SSSR count). The maximum atomic E-state index is 12.6. The molecule has 0 radical (unpaired) electrons. The van der Waals surface area contributed by atoms with Gasteiger partial charge < -0.3 is 16.0 Å². The molecule has 0 unspecified atom stereocenters. The molecule has 1 aliphatic rings. The van der Waals surface area contributed by atoms with Crippen molar-refractivity contribution in [3.05, 3.63) is 58.6 Å². The van der Waals surface area contributed by atoms with Gasteiger partial charge in [0, 0.05) is 28.7 Å². The van der Waals surface area contributed by atoms with Gasteiger partial charge in [-0.05, 0) is 61.7 Å². The maximum Gasteiger partial charge on any atom is 0.255 e. The van der Waals surface area contributed by atoms with Crippen LogP contribution in [-0.4, -0.2) is 24.3 Å². The average molecular weight is 400 g/mol. The first-order valence-electron chi connectivity index (χ1n) is 9.28. The van der Waals surface area contributed by atoms with Gasteiger partial charge in [0.25, 0.3) is 11.8 Å². The molecular weight excluding hydrogens is 378 g/mol. The maximum absolute atomic E-state index is 12.6. The van der Waals surface area contributed by atoms with Crippen molar-refractivity contribution in [2.24, 2.45) is 5.92 Å². The van der Waals surface area contributed by atoms with Crippen molar-refractivity contribution in [3.63, 3.8) is 0 Å². The zero-order valence-corrected chi connectivity index (χ0v) is 16.3. The molecular formula is C21H22ClN3O3. The van der Waals surface area contributed by atoms with Gasteiger partial charge in [0.15, 0.2) is 0 Å². The van der Waals surface area contributed by atoms with Crippen LogP contribution in [-0.2, 0) is 4.79 Å². The van der Waals surface area contributed by atoms with Gasteiger partial charge in [-0.1, -0.05) is 18.5 Å². The molecule has 0 atom stereocenters. The first-order chi connectivity index (χ1) is 13.5. The minimum atomic E-state index is -0.369. The van der Waals surface area contributed by atoms with Crippen LogP contribution in [0.3, 0.4) is 0 Å². The van der Waals surface area contributed by atoms with Crippen LogP contribution in [0.2, 0.25) is 5.02 Å². The standard InChI is InChI=1S/C21H22ClN3O3/c1-2-11-23-21(28)17-10-7-15(22)12-18(17)25-20(27)14-5-8-16(9-6-14)24-19(26)13-3-4-13/h5-10,12-13H,2-4,11H2,1H3,(H,23,28)(H,24,26)(H,25,27). The Labute approximate surface area is 168 Å². The van der Waals surface area contributed by atoms with Crippen LogP contribution >= 0.6 is 11.6 Å². The fourth-order valence-corrected chi connectivity index (χ4v) is 2.81. The van der Waals surface area contributed by atoms with Crippen LogP contribution in [0.4, 0.5) is 11.4 Å². The molecule has 0 spiro atoms. The number of amides is 3. The summed E-state index contributed by atoms with van der Waals surface area (Å²) in [6.07, 6.45) is 2.67. The molecule has 2 aromatic rings. The largest absolute Gasteiger partial charge is 0.352 e. The van der Waals surface area contributed by atoms with Gasteiger partial charge in [-0.25, -0.2) is 0 Å². The number of nitrogens with one attached hydrogen (secondary N) is 3. The monoisotopic (exact) mass is 399 g/mol. The highest BCUT2D eigenvalue weighted by Gasteiger charge is 2.29. The predicted molar refractivity (Wildman–Crippen MR) is 110 cm³/mol. The lowest BCUT2D eigenvalue weighted by Gasteiger charge is -2.12. The summed E-state index contributed by atoms with van der Waals surface area (Å²) in [6.45, 7) is 2.50. The van der Waals surface area contributed by atoms with E-state index in [9.17, 15) is 14.4 Å². The summed E-state index contributed by atoms with van der Waals surface area (Å²) in [6, 6.07) is 11.3. The second-order valence-corrected chi connectivity index (χ2v) is 7.18. The number of carbonyl (C=O) groups excluding carboxylic acids is 3. The van der Waals surface area contributed by atoms with Crippen molar-refractivity contribution in [2.75, 3.05) is 17.2 Å². The quantitative estimate of drug-likeness (QED) is 0.655. The van der Waals surface area contributed by atoms with Gasteiger partial charge in [-0.2, -0.15) is 0 Å². The van der Waals surface area contributed by atoms with Gasteiger partial charge >= 0.3 is 0 Å². The van der Waals surface area contributed by atoms with E-state index in [-0.39, 0.29) is 23.6 Å². The Bertz CT molecular complexity index is 892. The minimum Gasteiger partial charge on any atom is -0.352 e. The van der Waals surface area contributed by atoms with Gasteiger partial charge in [-0.3, -0.25) is 14.4 Å². The van der Waals surface area contributed by atoms with E-state index in [4.69, 9.17) is 11.6 Å². The number of hydrogen-bond donors (Lipinski definition) is 3. The minimum absolute atomic E-state index is 0.0128. The lowest BCUT2D eigenvalue weighted by atomic mass is 10.1. The van der Waals surface area contributed by atoms with Crippen molar-refractivity contribution in [1.29, 1.82) is 0 Å². The van der Waals surface area contributed by atoms with Crippen LogP contribution in [0, 0.1) is 5.92 Å². The Kier molecular flexibility index (Phi) is 6.31. The van der Waals surface area contributed by atoms with Crippen LogP contribution in [0.5, 0.6) is 0 Å². The van der Waals surface area contributed by atoms with Crippen molar-refractivity contribution in [2.45, 2.75) is 26.2 Å². The summed E-state index contributed by atoms with van der Waals surface area (Å²) in [5.41, 5.74) is 1.75. The summed E-state index contributed by atoms with van der Waals surface area (Å²) in [5, 5.41) is 8.78. The van der Waals surface area contributed by atoms with Crippen molar-refractivity contribution in [3.8, 4) is 0 Å². The van der Waals surface area contributed by atoms with E-state index in [0.29, 0.717) is 34.1 Å². The molecule has 1 fully saturated rings. The van der Waals surface area contributed by atoms with E-state index in [1.807, 2.05) is 6.92 Å². The second kappa shape index (κ2) is 8.89. The second-order valence-electron chi connectivity index (χ2n) is 6.74. The summed E-state index contributed by atoms with van der Waals surface area (Å²) < 4.78 is 0. The number of benzene rings is 2. The SMILES string of the molecule is CCCNC(=O)c1ccc(Cl)cc1NC(=O)c1ccc(NC(=O)C2CC2)cc1. The fourth-order valence-electron chi connectivity index (χ4n) is 2.64. The predicted octanol–water partition coefficient (Wildman–Crippen LogP) is 4.08. The molecule has 6 nitrogen and oxygen atoms in total. The van der Waals surface area contributed by atoms with Gasteiger partial charge in [0.2, 0.25) is 5.91 Å². The molecule has 1 aliphatic carbocycles. The van der Waals surface area contributed by atoms with E-state index >= 15 is 0 Å². The smallest absolute Gasteiger partial charge is 0.255 e. The molecule has 0 bridgehead atoms. The van der Waals surface area contributed by atoms with Crippen molar-refractivity contribution < 1.29 is 14.4 Å². The number of anilines is 2. The molecule has 28 heavy (non-hydrogen) atoms. The zero-order valence-electron chi connectivity index (χ0n) is 15.5. The molecule has 3 amide bonds. The van der Waals surface area contributed by atoms with Crippen LogP contribution in [0.25, 0.3) is 0 Å². The lowest BCUT2D eigenvalue weighted by Crippen LogP contribution is -2.25. The van der Waals surface area contributed by atoms with E-state index in [2.05, 4.69) is 16.0 Å². The molecule has 0 aromatic heterocycles. The third-order valence-electron chi connectivity index (χ3n) is 4.37. The number of carbonyl (C=O) groups is 3. The number of hydrogen-bond acceptors (Lipinski definition) is 3. The molecule has 2 aromatic carbocycles. The highest BCUT2D eigenvalue weighted by Crippen LogP contribution is 2.30. The third-order valence-corrected chi connectivity index (χ3v) is 4.61. The Morgan fingerprint density at radius 1 is 1.00 bits per heavy atom. The van der Waals surface area contributed by atoms with Crippen LogP contribution in [0.15, 0.2) is 42.5 Å². The third kappa shape index (κ3) is 5.10. The van der Waals surface area contributed by atoms with E-state index in [1.54, 1.807) is 42.5 Å². The van der Waals surface area contributed by atoms with Crippen molar-refractivity contribution >= 4 is 40.7 Å². The molecule has 7 heteroatoms. The van der Waals surface area contributed by atoms with Crippen LogP contribution < -0.4 is 16.0 Å². The Hall–Kier alpha value is -2.86. The first kappa shape index (κ1) is 19.9. The number of halogens is 1. The highest BCUT2D eigenvalue weighted by atomic mass is 35.5. The topological polar surface area (TPSA) is 87.3 Å². The summed E-state index contributed by atoms with van der Waals surface area (Å²) in [7, 11) is 0. The molecule has 3 N–H and O–H groups in total. The zero-order chi connectivity index (χ0) is 20.1. The molecule has 0 heterocycles. The summed E-state index contributed by atoms with van der Waals surface area (Å²) in [5.74, 6) is -0.513. The Morgan fingerprint density at radius 2 is 1.71 bits per heavy atom. The number of rotatable bonds is 7. The van der Waals surface area contributed by atoms with Crippen LogP contribution in [0.1, 0.15) is 46.9 Å². The lowest BCUT2D eigenvalue weighted by molar-refractivity contribution is -0.117. The Morgan fingerprint density at radius 3 is 2.36 bits per heavy atom. The normalized spacial score (nSPS) is 12.9. The Balaban J connectivity index is 1.70. The molecule has 0 saturated heterocycles. The molecule has 0 aliphatic heterocycles. The van der Waals surface area contributed by atoms with Gasteiger partial charge in [-0.15, -0.1) is 0 Å². The van der Waals surface area contributed by atoms with Gasteiger partial charge in [0.1, 0.15) is 0 Å². The average Bonchev–Trinajstić information content (AvgIpc) is 3.52. The van der Waals surface area contributed by atoms with Gasteiger partial charge in [0.05, 0.1) is 11.3 Å². The summed E-state index contributed by atoms with van der Waals surface area (Å²) >= 11 is 6.03. The van der Waals surface area contributed by atoms with Crippen molar-refractivity contribution in [1.82, 2.24) is 5.32 Å².